The Balaban J connectivity index is 1.51. The van der Waals surface area contributed by atoms with Gasteiger partial charge in [0.25, 0.3) is 0 Å². The van der Waals surface area contributed by atoms with Crippen LogP contribution in [0.4, 0.5) is 0 Å². The fourth-order valence-electron chi connectivity index (χ4n) is 12.2. The van der Waals surface area contributed by atoms with Gasteiger partial charge in [-0.1, -0.05) is 161 Å². The Bertz CT molecular complexity index is 2310. The molecule has 582 valence electrons. The highest BCUT2D eigenvalue weighted by Crippen LogP contribution is 2.48. The first-order chi connectivity index (χ1) is 48.2. The lowest BCUT2D eigenvalue weighted by molar-refractivity contribution is -0.362. The van der Waals surface area contributed by atoms with E-state index in [1.54, 1.807) is 6.92 Å². The van der Waals surface area contributed by atoms with E-state index in [1.807, 2.05) is 6.08 Å². The molecule has 18 atom stereocenters. The van der Waals surface area contributed by atoms with Crippen molar-refractivity contribution in [1.82, 2.24) is 16.0 Å². The summed E-state index contributed by atoms with van der Waals surface area (Å²) in [6.45, 7) is 6.57. The zero-order chi connectivity index (χ0) is 73.5. The predicted molar refractivity (Wildman–Crippen MR) is 374 cm³/mol. The van der Waals surface area contributed by atoms with Crippen molar-refractivity contribution in [3.05, 3.63) is 24.3 Å². The number of rotatable bonds is 57. The van der Waals surface area contributed by atoms with Crippen molar-refractivity contribution < 1.29 is 116 Å². The molecule has 3 fully saturated rings. The highest BCUT2D eigenvalue weighted by Gasteiger charge is 2.54. The van der Waals surface area contributed by atoms with E-state index in [1.165, 1.54) is 64.2 Å². The second-order valence-corrected chi connectivity index (χ2v) is 28.8. The SMILES string of the molecule is CCCCCCCC/C=C\C(CCCCCC)C(=O)OC[C@H](COP(=O)(OC)OCCNC(=O)CCCCC(=O)NCCCO[C@@H]1OC(CO)[C@H](O)[C@H](O[C@H]2OC(CO)[C@H](O)[C@H](O)C2NC(C)=O)C1O[C@@H]1CC(C)[C@@H](O)[C@H](O)C1O)OC(=O)CCCCCCC/C=C/CCCCCCCC. The predicted octanol–water partition coefficient (Wildman–Crippen LogP) is 7.64. The van der Waals surface area contributed by atoms with E-state index in [0.29, 0.717) is 25.7 Å². The fraction of sp³-hybridized carbons (Fsp3) is 0.875. The molecule has 100 heavy (non-hydrogen) atoms. The molecule has 0 aromatic heterocycles. The minimum absolute atomic E-state index is 0.00534. The Labute approximate surface area is 595 Å². The molecule has 3 aliphatic rings. The molecule has 0 spiro atoms. The number of aliphatic hydroxyl groups excluding tert-OH is 8. The average Bonchev–Trinajstić information content (AvgIpc) is 0.773. The Morgan fingerprint density at radius 1 is 0.560 bits per heavy atom. The summed E-state index contributed by atoms with van der Waals surface area (Å²) in [6.07, 6.45) is 15.5. The number of hydrogen-bond acceptors (Lipinski definition) is 24. The molecule has 2 heterocycles. The topological polar surface area (TPSA) is 393 Å². The minimum atomic E-state index is -4.28. The number of ether oxygens (including phenoxy) is 7. The number of nitrogens with one attached hydrogen (secondary N) is 3. The molecule has 1 aliphatic carbocycles. The third kappa shape index (κ3) is 36.4. The minimum Gasteiger partial charge on any atom is -0.461 e. The van der Waals surface area contributed by atoms with E-state index in [9.17, 15) is 69.4 Å². The van der Waals surface area contributed by atoms with Gasteiger partial charge in [0.05, 0.1) is 51.2 Å². The molecular formula is C72H130N3O24P. The average molecular weight is 1450 g/mol. The van der Waals surface area contributed by atoms with E-state index >= 15 is 0 Å². The number of carbonyl (C=O) groups excluding carboxylic acids is 5. The Morgan fingerprint density at radius 2 is 1.10 bits per heavy atom. The van der Waals surface area contributed by atoms with Crippen LogP contribution in [0, 0.1) is 11.8 Å². The smallest absolute Gasteiger partial charge is 0.461 e. The number of phosphoric acid groups is 1. The summed E-state index contributed by atoms with van der Waals surface area (Å²) in [4.78, 5) is 64.9. The second-order valence-electron chi connectivity index (χ2n) is 27.0. The van der Waals surface area contributed by atoms with Crippen molar-refractivity contribution in [3.8, 4) is 0 Å². The van der Waals surface area contributed by atoms with Gasteiger partial charge in [-0.2, -0.15) is 0 Å². The van der Waals surface area contributed by atoms with Gasteiger partial charge in [0, 0.05) is 46.4 Å². The Hall–Kier alpha value is -3.58. The van der Waals surface area contributed by atoms with Crippen molar-refractivity contribution in [3.63, 3.8) is 0 Å². The normalized spacial score (nSPS) is 26.8. The first-order valence-electron chi connectivity index (χ1n) is 37.6. The van der Waals surface area contributed by atoms with E-state index < -0.39 is 149 Å². The van der Waals surface area contributed by atoms with Gasteiger partial charge >= 0.3 is 19.8 Å². The van der Waals surface area contributed by atoms with Crippen molar-refractivity contribution >= 4 is 37.5 Å². The zero-order valence-electron chi connectivity index (χ0n) is 61.0. The van der Waals surface area contributed by atoms with Crippen molar-refractivity contribution in [1.29, 1.82) is 0 Å². The number of phosphoric ester groups is 1. The maximum Gasteiger partial charge on any atom is 0.474 e. The Morgan fingerprint density at radius 3 is 1.69 bits per heavy atom. The van der Waals surface area contributed by atoms with Crippen molar-refractivity contribution in [2.24, 2.45) is 11.8 Å². The van der Waals surface area contributed by atoms with Crippen LogP contribution in [0.1, 0.15) is 240 Å². The molecule has 27 nitrogen and oxygen atoms in total. The number of esters is 2. The van der Waals surface area contributed by atoms with Gasteiger partial charge < -0.3 is 90.0 Å². The van der Waals surface area contributed by atoms with Crippen LogP contribution in [-0.4, -0.2) is 222 Å². The molecule has 1 saturated carbocycles. The quantitative estimate of drug-likeness (QED) is 0.0120. The van der Waals surface area contributed by atoms with Gasteiger partial charge in [0.2, 0.25) is 17.7 Å². The van der Waals surface area contributed by atoms with Crippen LogP contribution in [0.3, 0.4) is 0 Å². The lowest BCUT2D eigenvalue weighted by Crippen LogP contribution is -2.68. The van der Waals surface area contributed by atoms with Gasteiger partial charge in [-0.15, -0.1) is 0 Å². The molecule has 3 amide bonds. The first-order valence-corrected chi connectivity index (χ1v) is 39.1. The van der Waals surface area contributed by atoms with Crippen LogP contribution >= 0.6 is 7.82 Å². The monoisotopic (exact) mass is 1450 g/mol. The molecule has 28 heteroatoms. The highest BCUT2D eigenvalue weighted by molar-refractivity contribution is 7.48. The number of amides is 3. The van der Waals surface area contributed by atoms with Crippen LogP contribution in [0.5, 0.6) is 0 Å². The van der Waals surface area contributed by atoms with E-state index in [0.717, 1.165) is 97.5 Å². The third-order valence-corrected chi connectivity index (χ3v) is 19.8. The molecule has 0 aromatic rings. The van der Waals surface area contributed by atoms with Gasteiger partial charge in [0.15, 0.2) is 18.7 Å². The first kappa shape index (κ1) is 90.6. The zero-order valence-corrected chi connectivity index (χ0v) is 61.9. The number of allylic oxidation sites excluding steroid dienone is 3. The molecule has 2 saturated heterocycles. The van der Waals surface area contributed by atoms with Crippen LogP contribution < -0.4 is 16.0 Å². The maximum atomic E-state index is 13.7. The summed E-state index contributed by atoms with van der Waals surface area (Å²) in [5, 5.41) is 93.5. The summed E-state index contributed by atoms with van der Waals surface area (Å²) >= 11 is 0. The third-order valence-electron chi connectivity index (χ3n) is 18.4. The van der Waals surface area contributed by atoms with Crippen LogP contribution in [0.15, 0.2) is 24.3 Å². The van der Waals surface area contributed by atoms with Gasteiger partial charge in [-0.3, -0.25) is 37.5 Å². The summed E-state index contributed by atoms with van der Waals surface area (Å²) in [6, 6.07) is -1.46. The molecule has 0 aromatic carbocycles. The van der Waals surface area contributed by atoms with Gasteiger partial charge in [-0.25, -0.2) is 4.57 Å². The van der Waals surface area contributed by atoms with Gasteiger partial charge in [0.1, 0.15) is 67.6 Å². The Kier molecular flexibility index (Phi) is 49.0. The van der Waals surface area contributed by atoms with Crippen LogP contribution in [0.25, 0.3) is 0 Å². The highest BCUT2D eigenvalue weighted by atomic mass is 31.2. The van der Waals surface area contributed by atoms with Crippen LogP contribution in [-0.2, 0) is 75.3 Å². The molecule has 3 rings (SSSR count). The summed E-state index contributed by atoms with van der Waals surface area (Å²) in [5.74, 6) is -3.37. The largest absolute Gasteiger partial charge is 0.474 e. The summed E-state index contributed by atoms with van der Waals surface area (Å²) in [7, 11) is -3.14. The molecule has 0 bridgehead atoms. The standard InChI is InChI=1S/C72H130N3O24P/c1-7-10-13-16-18-20-21-22-23-24-25-26-28-30-33-41-60(81)95-54(49-92-70(88)53(37-31-15-12-9-3)38-32-29-27-19-17-14-11-8-2)50-94-100(89,90-6)93-45-43-74-59(80)40-35-34-39-58(79)73-42-36-44-91-72-69(96-55-46-51(4)62(82)67(87)63(55)83)68(65(85)57(48-77)98-72)99-71-61(75-52(5)78)66(86)64(84)56(47-76)97-71/h22-23,32,38,51,53-57,61-69,71-72,76-77,82-87H,7-21,24-31,33-37,39-50H2,1-6H3,(H,73,79)(H,74,80)(H,75,78)/b23-22+,38-32-/t51?,53?,54-,55-,56?,57?,61?,62-,63?,64+,65+,66-,67+,68+,69?,71-,72-,100?/m1/s1. The second kappa shape index (κ2) is 54.1. The van der Waals surface area contributed by atoms with E-state index in [4.69, 9.17) is 46.7 Å². The number of hydrogen-bond donors (Lipinski definition) is 11. The van der Waals surface area contributed by atoms with Crippen LogP contribution in [0.2, 0.25) is 0 Å². The van der Waals surface area contributed by atoms with E-state index in [2.05, 4.69) is 54.9 Å². The van der Waals surface area contributed by atoms with Crippen molar-refractivity contribution in [2.45, 2.75) is 332 Å². The molecule has 2 aliphatic heterocycles. The number of unbranched alkanes of at least 4 members (excludes halogenated alkanes) is 21. The number of aliphatic hydroxyl groups is 8. The molecule has 8 unspecified atom stereocenters. The lowest BCUT2D eigenvalue weighted by atomic mass is 9.81. The summed E-state index contributed by atoms with van der Waals surface area (Å²) < 4.78 is 71.9. The van der Waals surface area contributed by atoms with Gasteiger partial charge in [-0.05, 0) is 83.0 Å². The van der Waals surface area contributed by atoms with E-state index in [-0.39, 0.29) is 76.8 Å². The molecule has 11 N–H and O–H groups in total. The summed E-state index contributed by atoms with van der Waals surface area (Å²) in [5.41, 5.74) is 0. The number of carbonyl (C=O) groups is 5. The van der Waals surface area contributed by atoms with Crippen molar-refractivity contribution in [2.75, 3.05) is 59.8 Å². The molecular weight excluding hydrogens is 1320 g/mol. The maximum absolute atomic E-state index is 13.7. The molecule has 0 radical (unpaired) electrons. The fourth-order valence-corrected chi connectivity index (χ4v) is 13.2. The lowest BCUT2D eigenvalue weighted by Gasteiger charge is -2.49.